The fourth-order valence-electron chi connectivity index (χ4n) is 5.27. The molecule has 198 valence electrons. The normalized spacial score (nSPS) is 18.4. The van der Waals surface area contributed by atoms with Crippen LogP contribution in [0.1, 0.15) is 37.1 Å². The largest absolute Gasteiger partial charge is 0.487 e. The molecule has 5 rings (SSSR count). The summed E-state index contributed by atoms with van der Waals surface area (Å²) >= 11 is 6.26. The van der Waals surface area contributed by atoms with E-state index in [-0.39, 0.29) is 5.41 Å². The van der Waals surface area contributed by atoms with Gasteiger partial charge in [0.2, 0.25) is 5.95 Å². The molecule has 1 aromatic heterocycles. The van der Waals surface area contributed by atoms with Gasteiger partial charge in [0, 0.05) is 49.4 Å². The van der Waals surface area contributed by atoms with E-state index in [2.05, 4.69) is 50.9 Å². The number of hydrogen-bond donors (Lipinski definition) is 1. The Labute approximate surface area is 230 Å². The molecule has 0 saturated carbocycles. The summed E-state index contributed by atoms with van der Waals surface area (Å²) in [4.78, 5) is 17.7. The third-order valence-electron chi connectivity index (χ3n) is 7.73. The summed E-state index contributed by atoms with van der Waals surface area (Å²) in [5.41, 5.74) is 3.24. The van der Waals surface area contributed by atoms with E-state index in [1.54, 1.807) is 6.07 Å². The molecule has 0 spiro atoms. The standard InChI is InChI=1S/C30H35ClN6O/c1-30(2,24-16-25(31)18-27(17-24)32-3)23-4-6-28(7-5-23)38-21-26-9-11-34-29(35-26)37-14-12-36(13-15-37)20-22-8-10-33-19-22/h4-7,9,11,16-18,22,33H,8,10,12-15,19-21H2,1-2H3. The molecule has 1 atom stereocenters. The van der Waals surface area contributed by atoms with Crippen LogP contribution in [0, 0.1) is 12.5 Å². The second kappa shape index (κ2) is 11.7. The van der Waals surface area contributed by atoms with Crippen molar-refractivity contribution >= 4 is 23.2 Å². The lowest BCUT2D eigenvalue weighted by molar-refractivity contribution is 0.223. The van der Waals surface area contributed by atoms with Crippen LogP contribution in [0.4, 0.5) is 11.6 Å². The smallest absolute Gasteiger partial charge is 0.225 e. The molecule has 2 fully saturated rings. The van der Waals surface area contributed by atoms with Crippen molar-refractivity contribution in [1.29, 1.82) is 0 Å². The van der Waals surface area contributed by atoms with E-state index in [1.807, 2.05) is 36.5 Å². The van der Waals surface area contributed by atoms with Crippen LogP contribution in [-0.2, 0) is 12.0 Å². The summed E-state index contributed by atoms with van der Waals surface area (Å²) in [7, 11) is 0. The van der Waals surface area contributed by atoms with Crippen molar-refractivity contribution in [3.63, 3.8) is 0 Å². The summed E-state index contributed by atoms with van der Waals surface area (Å²) in [6.07, 6.45) is 3.11. The lowest BCUT2D eigenvalue weighted by Gasteiger charge is -2.35. The number of nitrogens with one attached hydrogen (secondary N) is 1. The molecule has 2 aromatic carbocycles. The van der Waals surface area contributed by atoms with Gasteiger partial charge in [-0.2, -0.15) is 0 Å². The predicted octanol–water partition coefficient (Wildman–Crippen LogP) is 5.32. The average Bonchev–Trinajstić information content (AvgIpc) is 3.45. The maximum Gasteiger partial charge on any atom is 0.225 e. The highest BCUT2D eigenvalue weighted by atomic mass is 35.5. The molecular weight excluding hydrogens is 496 g/mol. The van der Waals surface area contributed by atoms with E-state index in [1.165, 1.54) is 13.0 Å². The second-order valence-corrected chi connectivity index (χ2v) is 11.2. The molecule has 8 heteroatoms. The third kappa shape index (κ3) is 6.27. The number of benzene rings is 2. The Kier molecular flexibility index (Phi) is 8.13. The van der Waals surface area contributed by atoms with Crippen molar-refractivity contribution in [2.24, 2.45) is 5.92 Å². The van der Waals surface area contributed by atoms with Crippen LogP contribution in [0.15, 0.2) is 54.7 Å². The number of rotatable bonds is 8. The van der Waals surface area contributed by atoms with E-state index in [4.69, 9.17) is 27.9 Å². The number of hydrogen-bond acceptors (Lipinski definition) is 6. The molecule has 38 heavy (non-hydrogen) atoms. The van der Waals surface area contributed by atoms with Crippen molar-refractivity contribution in [3.05, 3.63) is 88.0 Å². The molecule has 2 aliphatic rings. The quantitative estimate of drug-likeness (QED) is 0.398. The fraction of sp³-hybridized carbons (Fsp3) is 0.433. The Hall–Kier alpha value is -3.18. The van der Waals surface area contributed by atoms with Gasteiger partial charge in [0.25, 0.3) is 0 Å². The van der Waals surface area contributed by atoms with Crippen molar-refractivity contribution in [3.8, 4) is 5.75 Å². The Bertz CT molecular complexity index is 1270. The molecule has 0 bridgehead atoms. The van der Waals surface area contributed by atoms with Gasteiger partial charge in [-0.3, -0.25) is 4.90 Å². The molecule has 0 amide bonds. The predicted molar refractivity (Wildman–Crippen MR) is 152 cm³/mol. The van der Waals surface area contributed by atoms with Crippen molar-refractivity contribution < 1.29 is 4.74 Å². The molecule has 2 saturated heterocycles. The Morgan fingerprint density at radius 2 is 1.87 bits per heavy atom. The van der Waals surface area contributed by atoms with E-state index in [0.29, 0.717) is 17.3 Å². The maximum absolute atomic E-state index is 7.34. The minimum atomic E-state index is -0.303. The summed E-state index contributed by atoms with van der Waals surface area (Å²) in [5.74, 6) is 2.35. The van der Waals surface area contributed by atoms with Crippen molar-refractivity contribution in [1.82, 2.24) is 20.2 Å². The summed E-state index contributed by atoms with van der Waals surface area (Å²) in [6.45, 7) is 19.5. The Morgan fingerprint density at radius 3 is 2.58 bits per heavy atom. The average molecular weight is 531 g/mol. The van der Waals surface area contributed by atoms with E-state index in [0.717, 1.165) is 73.7 Å². The zero-order valence-electron chi connectivity index (χ0n) is 22.2. The van der Waals surface area contributed by atoms with Gasteiger partial charge >= 0.3 is 0 Å². The minimum absolute atomic E-state index is 0.303. The molecule has 3 heterocycles. The van der Waals surface area contributed by atoms with Crippen LogP contribution >= 0.6 is 11.6 Å². The minimum Gasteiger partial charge on any atom is -0.487 e. The highest BCUT2D eigenvalue weighted by Gasteiger charge is 2.25. The molecule has 1 unspecified atom stereocenters. The number of nitrogens with zero attached hydrogens (tertiary/aromatic N) is 5. The summed E-state index contributed by atoms with van der Waals surface area (Å²) in [5, 5.41) is 4.04. The third-order valence-corrected chi connectivity index (χ3v) is 7.95. The molecule has 3 aromatic rings. The van der Waals surface area contributed by atoms with Crippen LogP contribution in [0.3, 0.4) is 0 Å². The first-order chi connectivity index (χ1) is 18.4. The van der Waals surface area contributed by atoms with E-state index >= 15 is 0 Å². The number of ether oxygens (including phenoxy) is 1. The Balaban J connectivity index is 1.17. The van der Waals surface area contributed by atoms with Gasteiger partial charge < -0.3 is 15.0 Å². The molecule has 1 N–H and O–H groups in total. The lowest BCUT2D eigenvalue weighted by Crippen LogP contribution is -2.48. The number of aromatic nitrogens is 2. The van der Waals surface area contributed by atoms with Crippen LogP contribution in [0.5, 0.6) is 5.75 Å². The van der Waals surface area contributed by atoms with Crippen molar-refractivity contribution in [2.45, 2.75) is 32.3 Å². The fourth-order valence-corrected chi connectivity index (χ4v) is 5.50. The van der Waals surface area contributed by atoms with Gasteiger partial charge in [-0.25, -0.2) is 14.8 Å². The van der Waals surface area contributed by atoms with E-state index < -0.39 is 0 Å². The SMILES string of the molecule is [C-]#[N+]c1cc(Cl)cc(C(C)(C)c2ccc(OCc3ccnc(N4CCN(CC5CCNC5)CC4)n3)cc2)c1. The molecule has 7 nitrogen and oxygen atoms in total. The zero-order chi connectivity index (χ0) is 26.5. The highest BCUT2D eigenvalue weighted by Crippen LogP contribution is 2.36. The van der Waals surface area contributed by atoms with Crippen molar-refractivity contribution in [2.75, 3.05) is 50.7 Å². The molecule has 2 aliphatic heterocycles. The van der Waals surface area contributed by atoms with Gasteiger partial charge in [-0.1, -0.05) is 43.6 Å². The molecule has 0 aliphatic carbocycles. The number of anilines is 1. The number of piperazine rings is 1. The summed E-state index contributed by atoms with van der Waals surface area (Å²) < 4.78 is 6.07. The van der Waals surface area contributed by atoms with Crippen LogP contribution in [-0.4, -0.2) is 60.7 Å². The zero-order valence-corrected chi connectivity index (χ0v) is 22.9. The first-order valence-corrected chi connectivity index (χ1v) is 13.7. The first-order valence-electron chi connectivity index (χ1n) is 13.3. The molecule has 0 radical (unpaired) electrons. The van der Waals surface area contributed by atoms with Gasteiger partial charge in [0.05, 0.1) is 12.3 Å². The van der Waals surface area contributed by atoms with Crippen LogP contribution in [0.25, 0.3) is 4.85 Å². The first kappa shape index (κ1) is 26.4. The van der Waals surface area contributed by atoms with Gasteiger partial charge in [-0.15, -0.1) is 0 Å². The van der Waals surface area contributed by atoms with Gasteiger partial charge in [-0.05, 0) is 66.9 Å². The highest BCUT2D eigenvalue weighted by molar-refractivity contribution is 6.31. The molecular formula is C30H35ClN6O. The maximum atomic E-state index is 7.34. The van der Waals surface area contributed by atoms with Gasteiger partial charge in [0.1, 0.15) is 12.4 Å². The van der Waals surface area contributed by atoms with Crippen LogP contribution < -0.4 is 15.0 Å². The van der Waals surface area contributed by atoms with E-state index in [9.17, 15) is 0 Å². The Morgan fingerprint density at radius 1 is 1.08 bits per heavy atom. The number of halogens is 1. The van der Waals surface area contributed by atoms with Gasteiger partial charge in [0.15, 0.2) is 5.69 Å². The monoisotopic (exact) mass is 530 g/mol. The lowest BCUT2D eigenvalue weighted by atomic mass is 9.78. The van der Waals surface area contributed by atoms with Crippen LogP contribution in [0.2, 0.25) is 5.02 Å². The summed E-state index contributed by atoms with van der Waals surface area (Å²) in [6, 6.07) is 15.6. The second-order valence-electron chi connectivity index (χ2n) is 10.7. The topological polar surface area (TPSA) is 57.9 Å².